The van der Waals surface area contributed by atoms with Crippen molar-refractivity contribution in [1.82, 2.24) is 4.90 Å². The van der Waals surface area contributed by atoms with E-state index >= 15 is 0 Å². The fourth-order valence-corrected chi connectivity index (χ4v) is 1.86. The number of anilines is 1. The molecule has 1 saturated heterocycles. The molecule has 1 heterocycles. The standard InChI is InChI=1S/C11H11ClF2N2O2/c12-8-5-7(13)6-9(14)10(8)15-11(17)16-1-3-18-4-2-16/h5-6H,1-4H2,(H,15,17). The number of hydrogen-bond acceptors (Lipinski definition) is 2. The van der Waals surface area contributed by atoms with E-state index in [-0.39, 0.29) is 10.7 Å². The van der Waals surface area contributed by atoms with Gasteiger partial charge in [0.2, 0.25) is 0 Å². The minimum Gasteiger partial charge on any atom is -0.378 e. The molecule has 2 amide bonds. The predicted octanol–water partition coefficient (Wildman–Crippen LogP) is 2.48. The molecule has 7 heteroatoms. The second kappa shape index (κ2) is 5.49. The summed E-state index contributed by atoms with van der Waals surface area (Å²) in [4.78, 5) is 13.3. The molecule has 0 unspecified atom stereocenters. The smallest absolute Gasteiger partial charge is 0.322 e. The van der Waals surface area contributed by atoms with E-state index in [9.17, 15) is 13.6 Å². The van der Waals surface area contributed by atoms with Crippen molar-refractivity contribution in [3.63, 3.8) is 0 Å². The van der Waals surface area contributed by atoms with Crippen LogP contribution in [0.25, 0.3) is 0 Å². The number of rotatable bonds is 1. The van der Waals surface area contributed by atoms with Crippen LogP contribution in [0.2, 0.25) is 5.02 Å². The van der Waals surface area contributed by atoms with E-state index in [0.717, 1.165) is 6.07 Å². The van der Waals surface area contributed by atoms with Gasteiger partial charge in [0.05, 0.1) is 23.9 Å². The summed E-state index contributed by atoms with van der Waals surface area (Å²) in [5.41, 5.74) is -0.213. The van der Waals surface area contributed by atoms with E-state index in [4.69, 9.17) is 16.3 Å². The highest BCUT2D eigenvalue weighted by Crippen LogP contribution is 2.26. The van der Waals surface area contributed by atoms with Crippen LogP contribution >= 0.6 is 11.6 Å². The van der Waals surface area contributed by atoms with Crippen molar-refractivity contribution in [2.24, 2.45) is 0 Å². The lowest BCUT2D eigenvalue weighted by Gasteiger charge is -2.27. The Morgan fingerprint density at radius 3 is 2.61 bits per heavy atom. The second-order valence-electron chi connectivity index (χ2n) is 3.77. The number of benzene rings is 1. The second-order valence-corrected chi connectivity index (χ2v) is 4.18. The van der Waals surface area contributed by atoms with Crippen LogP contribution in [0.15, 0.2) is 12.1 Å². The Balaban J connectivity index is 2.11. The van der Waals surface area contributed by atoms with Gasteiger partial charge in [-0.15, -0.1) is 0 Å². The molecule has 1 aromatic carbocycles. The van der Waals surface area contributed by atoms with Crippen molar-refractivity contribution in [3.8, 4) is 0 Å². The first kappa shape index (κ1) is 13.0. The van der Waals surface area contributed by atoms with Crippen LogP contribution in [0, 0.1) is 11.6 Å². The number of amides is 2. The van der Waals surface area contributed by atoms with E-state index in [2.05, 4.69) is 5.32 Å². The summed E-state index contributed by atoms with van der Waals surface area (Å²) in [5.74, 6) is -1.69. The molecule has 4 nitrogen and oxygen atoms in total. The van der Waals surface area contributed by atoms with Gasteiger partial charge in [-0.3, -0.25) is 0 Å². The molecule has 0 spiro atoms. The Morgan fingerprint density at radius 2 is 2.00 bits per heavy atom. The maximum Gasteiger partial charge on any atom is 0.322 e. The minimum absolute atomic E-state index is 0.172. The van der Waals surface area contributed by atoms with E-state index in [0.29, 0.717) is 32.4 Å². The first-order chi connectivity index (χ1) is 8.58. The summed E-state index contributed by atoms with van der Waals surface area (Å²) >= 11 is 5.68. The fraction of sp³-hybridized carbons (Fsp3) is 0.364. The van der Waals surface area contributed by atoms with Crippen molar-refractivity contribution in [3.05, 3.63) is 28.8 Å². The van der Waals surface area contributed by atoms with Gasteiger partial charge in [-0.1, -0.05) is 11.6 Å². The molecule has 0 saturated carbocycles. The lowest BCUT2D eigenvalue weighted by molar-refractivity contribution is 0.0564. The van der Waals surface area contributed by atoms with Crippen LogP contribution in [0.3, 0.4) is 0 Å². The SMILES string of the molecule is O=C(Nc1c(F)cc(F)cc1Cl)N1CCOCC1. The number of nitrogens with zero attached hydrogens (tertiary/aromatic N) is 1. The third kappa shape index (κ3) is 2.88. The Kier molecular flexibility index (Phi) is 3.98. The number of carbonyl (C=O) groups is 1. The number of hydrogen-bond donors (Lipinski definition) is 1. The highest BCUT2D eigenvalue weighted by Gasteiger charge is 2.19. The molecular formula is C11H11ClF2N2O2. The van der Waals surface area contributed by atoms with Crippen LogP contribution < -0.4 is 5.32 Å². The number of ether oxygens (including phenoxy) is 1. The molecule has 1 aromatic rings. The third-order valence-corrected chi connectivity index (χ3v) is 2.84. The topological polar surface area (TPSA) is 41.6 Å². The molecule has 0 radical (unpaired) electrons. The quantitative estimate of drug-likeness (QED) is 0.856. The van der Waals surface area contributed by atoms with Crippen molar-refractivity contribution >= 4 is 23.3 Å². The number of morpholine rings is 1. The zero-order chi connectivity index (χ0) is 13.1. The molecular weight excluding hydrogens is 266 g/mol. The predicted molar refractivity (Wildman–Crippen MR) is 62.8 cm³/mol. The first-order valence-corrected chi connectivity index (χ1v) is 5.74. The Bertz CT molecular complexity index is 441. The number of nitrogens with one attached hydrogen (secondary N) is 1. The molecule has 2 rings (SSSR count). The molecule has 1 N–H and O–H groups in total. The summed E-state index contributed by atoms with van der Waals surface area (Å²) in [6.45, 7) is 1.72. The van der Waals surface area contributed by atoms with Crippen molar-refractivity contribution in [2.45, 2.75) is 0 Å². The Hall–Kier alpha value is -1.40. The first-order valence-electron chi connectivity index (χ1n) is 5.36. The molecule has 1 aliphatic heterocycles. The van der Waals surface area contributed by atoms with Gasteiger partial charge < -0.3 is 15.0 Å². The van der Waals surface area contributed by atoms with E-state index in [1.807, 2.05) is 0 Å². The van der Waals surface area contributed by atoms with Crippen LogP contribution in [0.5, 0.6) is 0 Å². The zero-order valence-electron chi connectivity index (χ0n) is 9.38. The maximum atomic E-state index is 13.5. The third-order valence-electron chi connectivity index (χ3n) is 2.54. The van der Waals surface area contributed by atoms with Crippen LogP contribution in [0.1, 0.15) is 0 Å². The Morgan fingerprint density at radius 1 is 1.33 bits per heavy atom. The molecule has 18 heavy (non-hydrogen) atoms. The van der Waals surface area contributed by atoms with Crippen molar-refractivity contribution < 1.29 is 18.3 Å². The van der Waals surface area contributed by atoms with Gasteiger partial charge in [0.25, 0.3) is 0 Å². The molecule has 0 atom stereocenters. The summed E-state index contributed by atoms with van der Waals surface area (Å²) in [5, 5.41) is 2.16. The van der Waals surface area contributed by atoms with Gasteiger partial charge >= 0.3 is 6.03 Å². The normalized spacial score (nSPS) is 15.6. The average molecular weight is 277 g/mol. The molecule has 1 aliphatic rings. The fourth-order valence-electron chi connectivity index (χ4n) is 1.61. The minimum atomic E-state index is -0.901. The zero-order valence-corrected chi connectivity index (χ0v) is 10.1. The largest absolute Gasteiger partial charge is 0.378 e. The highest BCUT2D eigenvalue weighted by atomic mass is 35.5. The lowest BCUT2D eigenvalue weighted by Crippen LogP contribution is -2.43. The Labute approximate surface area is 107 Å². The number of urea groups is 1. The highest BCUT2D eigenvalue weighted by molar-refractivity contribution is 6.33. The summed E-state index contributed by atoms with van der Waals surface area (Å²) in [7, 11) is 0. The van der Waals surface area contributed by atoms with Crippen LogP contribution in [-0.2, 0) is 4.74 Å². The van der Waals surface area contributed by atoms with Gasteiger partial charge in [-0.2, -0.15) is 0 Å². The van der Waals surface area contributed by atoms with Crippen LogP contribution in [0.4, 0.5) is 19.3 Å². The van der Waals surface area contributed by atoms with Gasteiger partial charge in [-0.05, 0) is 6.07 Å². The van der Waals surface area contributed by atoms with E-state index < -0.39 is 17.7 Å². The van der Waals surface area contributed by atoms with Gasteiger partial charge in [0.15, 0.2) is 5.82 Å². The van der Waals surface area contributed by atoms with Crippen molar-refractivity contribution in [1.29, 1.82) is 0 Å². The van der Waals surface area contributed by atoms with Crippen LogP contribution in [-0.4, -0.2) is 37.2 Å². The maximum absolute atomic E-state index is 13.5. The molecule has 0 bridgehead atoms. The lowest BCUT2D eigenvalue weighted by atomic mass is 10.3. The van der Waals surface area contributed by atoms with Crippen molar-refractivity contribution in [2.75, 3.05) is 31.6 Å². The summed E-state index contributed by atoms with van der Waals surface area (Å²) < 4.78 is 31.4. The van der Waals surface area contributed by atoms with Gasteiger partial charge in [-0.25, -0.2) is 13.6 Å². The molecule has 98 valence electrons. The molecule has 1 fully saturated rings. The van der Waals surface area contributed by atoms with Gasteiger partial charge in [0.1, 0.15) is 5.82 Å². The van der Waals surface area contributed by atoms with Gasteiger partial charge in [0, 0.05) is 19.2 Å². The summed E-state index contributed by atoms with van der Waals surface area (Å²) in [6, 6.07) is 1.13. The number of halogens is 3. The molecule has 0 aliphatic carbocycles. The number of carbonyl (C=O) groups excluding carboxylic acids is 1. The average Bonchev–Trinajstić information content (AvgIpc) is 2.34. The molecule has 0 aromatic heterocycles. The summed E-state index contributed by atoms with van der Waals surface area (Å²) in [6.07, 6.45) is 0. The van der Waals surface area contributed by atoms with E-state index in [1.54, 1.807) is 0 Å². The van der Waals surface area contributed by atoms with E-state index in [1.165, 1.54) is 4.90 Å². The monoisotopic (exact) mass is 276 g/mol.